The van der Waals surface area contributed by atoms with Gasteiger partial charge in [-0.05, 0) is 55.0 Å². The highest BCUT2D eigenvalue weighted by Gasteiger charge is 2.29. The second kappa shape index (κ2) is 8.94. The van der Waals surface area contributed by atoms with Crippen LogP contribution in [0.5, 0.6) is 0 Å². The lowest BCUT2D eigenvalue weighted by Crippen LogP contribution is -2.41. The number of hydrogen-bond donors (Lipinski definition) is 2. The van der Waals surface area contributed by atoms with Crippen molar-refractivity contribution in [1.29, 1.82) is 0 Å². The predicted molar refractivity (Wildman–Crippen MR) is 117 cm³/mol. The van der Waals surface area contributed by atoms with Crippen molar-refractivity contribution in [3.63, 3.8) is 0 Å². The highest BCUT2D eigenvalue weighted by Crippen LogP contribution is 2.28. The van der Waals surface area contributed by atoms with E-state index < -0.39 is 10.0 Å². The Labute approximate surface area is 179 Å². The highest BCUT2D eigenvalue weighted by molar-refractivity contribution is 7.89. The number of hydrogen-bond acceptors (Lipinski definition) is 4. The Bertz CT molecular complexity index is 994. The van der Waals surface area contributed by atoms with Crippen molar-refractivity contribution in [3.8, 4) is 0 Å². The van der Waals surface area contributed by atoms with Gasteiger partial charge < -0.3 is 15.4 Å². The van der Waals surface area contributed by atoms with Crippen molar-refractivity contribution in [2.24, 2.45) is 0 Å². The summed E-state index contributed by atoms with van der Waals surface area (Å²) < 4.78 is 32.9. The average molecular weight is 460 g/mol. The summed E-state index contributed by atoms with van der Waals surface area (Å²) in [7, 11) is -3.69. The Hall–Kier alpha value is -1.42. The second-order valence-electron chi connectivity index (χ2n) is 6.22. The number of rotatable bonds is 4. The van der Waals surface area contributed by atoms with E-state index >= 15 is 0 Å². The van der Waals surface area contributed by atoms with Gasteiger partial charge in [0.2, 0.25) is 10.0 Å². The molecule has 0 unspecified atom stereocenters. The van der Waals surface area contributed by atoms with Crippen LogP contribution in [0, 0.1) is 6.92 Å². The van der Waals surface area contributed by atoms with Gasteiger partial charge in [-0.2, -0.15) is 4.31 Å². The van der Waals surface area contributed by atoms with Gasteiger partial charge in [0.15, 0.2) is 5.11 Å². The van der Waals surface area contributed by atoms with Gasteiger partial charge in [0, 0.05) is 18.1 Å². The van der Waals surface area contributed by atoms with Crippen molar-refractivity contribution >= 4 is 61.9 Å². The standard InChI is InChI=1S/C18H19Cl2N3O3S2/c1-12-2-4-16(17(10-12)28(24,25)23-6-8-26-9-7-23)22-18(27)21-15-5-3-13(19)11-14(15)20/h2-5,10-11H,6-9H2,1H3,(H2,21,22,27). The Morgan fingerprint density at radius 3 is 2.39 bits per heavy atom. The van der Waals surface area contributed by atoms with Crippen molar-refractivity contribution in [2.75, 3.05) is 36.9 Å². The maximum absolute atomic E-state index is 13.1. The summed E-state index contributed by atoms with van der Waals surface area (Å²) in [5, 5.41) is 7.05. The van der Waals surface area contributed by atoms with Crippen LogP contribution in [-0.4, -0.2) is 44.1 Å². The number of morpholine rings is 1. The molecule has 0 aromatic heterocycles. The number of thiocarbonyl (C=S) groups is 1. The Balaban J connectivity index is 1.85. The molecule has 2 N–H and O–H groups in total. The molecular formula is C18H19Cl2N3O3S2. The molecule has 1 aliphatic rings. The molecule has 0 bridgehead atoms. The molecule has 2 aromatic carbocycles. The Kier molecular flexibility index (Phi) is 6.80. The summed E-state index contributed by atoms with van der Waals surface area (Å²) in [5.41, 5.74) is 1.78. The van der Waals surface area contributed by atoms with Crippen LogP contribution in [0.3, 0.4) is 0 Å². The highest BCUT2D eigenvalue weighted by atomic mass is 35.5. The third kappa shape index (κ3) is 4.94. The monoisotopic (exact) mass is 459 g/mol. The van der Waals surface area contributed by atoms with Gasteiger partial charge in [-0.15, -0.1) is 0 Å². The molecular weight excluding hydrogens is 441 g/mol. The first kappa shape index (κ1) is 21.3. The van der Waals surface area contributed by atoms with Gasteiger partial charge >= 0.3 is 0 Å². The smallest absolute Gasteiger partial charge is 0.245 e. The van der Waals surface area contributed by atoms with Crippen LogP contribution in [0.25, 0.3) is 0 Å². The van der Waals surface area contributed by atoms with Crippen LogP contribution in [0.1, 0.15) is 5.56 Å². The van der Waals surface area contributed by atoms with E-state index in [-0.39, 0.29) is 10.0 Å². The third-order valence-electron chi connectivity index (χ3n) is 4.15. The summed E-state index contributed by atoms with van der Waals surface area (Å²) in [6, 6.07) is 10.1. The normalized spacial score (nSPS) is 15.2. The first-order valence-electron chi connectivity index (χ1n) is 8.49. The van der Waals surface area contributed by atoms with E-state index in [1.54, 1.807) is 30.3 Å². The Morgan fingerprint density at radius 2 is 1.71 bits per heavy atom. The van der Waals surface area contributed by atoms with Crippen LogP contribution >= 0.6 is 35.4 Å². The molecule has 3 rings (SSSR count). The largest absolute Gasteiger partial charge is 0.379 e. The number of benzene rings is 2. The van der Waals surface area contributed by atoms with E-state index in [0.717, 1.165) is 5.56 Å². The molecule has 2 aromatic rings. The van der Waals surface area contributed by atoms with Gasteiger partial charge in [0.25, 0.3) is 0 Å². The zero-order valence-electron chi connectivity index (χ0n) is 15.0. The molecule has 6 nitrogen and oxygen atoms in total. The lowest BCUT2D eigenvalue weighted by molar-refractivity contribution is 0.0730. The van der Waals surface area contributed by atoms with Crippen LogP contribution in [0.2, 0.25) is 10.0 Å². The fraction of sp³-hybridized carbons (Fsp3) is 0.278. The molecule has 0 amide bonds. The number of ether oxygens (including phenoxy) is 1. The van der Waals surface area contributed by atoms with E-state index in [4.69, 9.17) is 40.2 Å². The molecule has 0 atom stereocenters. The minimum atomic E-state index is -3.69. The minimum absolute atomic E-state index is 0.167. The van der Waals surface area contributed by atoms with Crippen LogP contribution in [0.4, 0.5) is 11.4 Å². The van der Waals surface area contributed by atoms with E-state index in [0.29, 0.717) is 47.7 Å². The summed E-state index contributed by atoms with van der Waals surface area (Å²) in [4.78, 5) is 0.167. The molecule has 1 saturated heterocycles. The maximum atomic E-state index is 13.1. The third-order valence-corrected chi connectivity index (χ3v) is 6.84. The molecule has 1 aliphatic heterocycles. The maximum Gasteiger partial charge on any atom is 0.245 e. The molecule has 0 spiro atoms. The second-order valence-corrected chi connectivity index (χ2v) is 9.38. The molecule has 1 fully saturated rings. The van der Waals surface area contributed by atoms with Crippen LogP contribution in [0.15, 0.2) is 41.3 Å². The molecule has 0 radical (unpaired) electrons. The number of aryl methyl sites for hydroxylation is 1. The van der Waals surface area contributed by atoms with Crippen LogP contribution in [-0.2, 0) is 14.8 Å². The quantitative estimate of drug-likeness (QED) is 0.669. The van der Waals surface area contributed by atoms with Crippen molar-refractivity contribution in [2.45, 2.75) is 11.8 Å². The molecule has 1 heterocycles. The van der Waals surface area contributed by atoms with Gasteiger partial charge in [-0.25, -0.2) is 8.42 Å². The van der Waals surface area contributed by atoms with Crippen LogP contribution < -0.4 is 10.6 Å². The number of anilines is 2. The number of nitrogens with one attached hydrogen (secondary N) is 2. The van der Waals surface area contributed by atoms with E-state index in [2.05, 4.69) is 10.6 Å². The fourth-order valence-electron chi connectivity index (χ4n) is 2.74. The number of sulfonamides is 1. The minimum Gasteiger partial charge on any atom is -0.379 e. The van der Waals surface area contributed by atoms with Crippen molar-refractivity contribution in [3.05, 3.63) is 52.0 Å². The van der Waals surface area contributed by atoms with Gasteiger partial charge in [0.05, 0.1) is 29.6 Å². The van der Waals surface area contributed by atoms with Crippen molar-refractivity contribution < 1.29 is 13.2 Å². The molecule has 0 saturated carbocycles. The van der Waals surface area contributed by atoms with Gasteiger partial charge in [-0.3, -0.25) is 0 Å². The topological polar surface area (TPSA) is 70.7 Å². The fourth-order valence-corrected chi connectivity index (χ4v) is 5.05. The summed E-state index contributed by atoms with van der Waals surface area (Å²) >= 11 is 17.4. The first-order valence-corrected chi connectivity index (χ1v) is 11.1. The Morgan fingerprint density at radius 1 is 1.07 bits per heavy atom. The summed E-state index contributed by atoms with van der Waals surface area (Å²) in [5.74, 6) is 0. The lowest BCUT2D eigenvalue weighted by atomic mass is 10.2. The number of halogens is 2. The zero-order chi connectivity index (χ0) is 20.3. The van der Waals surface area contributed by atoms with Gasteiger partial charge in [0.1, 0.15) is 4.90 Å². The molecule has 0 aliphatic carbocycles. The molecule has 150 valence electrons. The SMILES string of the molecule is Cc1ccc(NC(=S)Nc2ccc(Cl)cc2Cl)c(S(=O)(=O)N2CCOCC2)c1. The lowest BCUT2D eigenvalue weighted by Gasteiger charge is -2.27. The van der Waals surface area contributed by atoms with E-state index in [1.807, 2.05) is 13.0 Å². The summed E-state index contributed by atoms with van der Waals surface area (Å²) in [6.07, 6.45) is 0. The molecule has 10 heteroatoms. The molecule has 28 heavy (non-hydrogen) atoms. The summed E-state index contributed by atoms with van der Waals surface area (Å²) in [6.45, 7) is 3.23. The van der Waals surface area contributed by atoms with Crippen molar-refractivity contribution in [1.82, 2.24) is 4.31 Å². The average Bonchev–Trinajstić information content (AvgIpc) is 2.66. The number of nitrogens with zero attached hydrogens (tertiary/aromatic N) is 1. The van der Waals surface area contributed by atoms with E-state index in [1.165, 1.54) is 4.31 Å². The van der Waals surface area contributed by atoms with E-state index in [9.17, 15) is 8.42 Å². The predicted octanol–water partition coefficient (Wildman–Crippen LogP) is 4.13. The van der Waals surface area contributed by atoms with Gasteiger partial charge in [-0.1, -0.05) is 29.3 Å². The first-order chi connectivity index (χ1) is 13.3. The zero-order valence-corrected chi connectivity index (χ0v) is 18.2.